The van der Waals surface area contributed by atoms with Gasteiger partial charge in [0.2, 0.25) is 0 Å². The van der Waals surface area contributed by atoms with Crippen LogP contribution in [0.1, 0.15) is 12.0 Å². The lowest BCUT2D eigenvalue weighted by Crippen LogP contribution is -2.20. The Labute approximate surface area is 103 Å². The van der Waals surface area contributed by atoms with Gasteiger partial charge < -0.3 is 4.90 Å². The summed E-state index contributed by atoms with van der Waals surface area (Å²) >= 11 is 5.77. The molecule has 0 aliphatic carbocycles. The van der Waals surface area contributed by atoms with Gasteiger partial charge in [-0.15, -0.1) is 11.6 Å². The van der Waals surface area contributed by atoms with Crippen molar-refractivity contribution < 1.29 is 13.2 Å². The Balaban J connectivity index is 2.09. The van der Waals surface area contributed by atoms with Crippen LogP contribution < -0.4 is 4.90 Å². The molecule has 0 spiro atoms. The average molecular weight is 264 g/mol. The zero-order valence-corrected chi connectivity index (χ0v) is 9.93. The predicted molar refractivity (Wildman–Crippen MR) is 62.5 cm³/mol. The van der Waals surface area contributed by atoms with E-state index in [2.05, 4.69) is 4.90 Å². The Hall–Kier alpha value is -0.900. The molecular formula is C12H13ClF3N. The molecule has 1 nitrogen and oxygen atoms in total. The van der Waals surface area contributed by atoms with Gasteiger partial charge in [0.05, 0.1) is 5.56 Å². The molecule has 1 saturated heterocycles. The van der Waals surface area contributed by atoms with E-state index in [4.69, 9.17) is 11.6 Å². The summed E-state index contributed by atoms with van der Waals surface area (Å²) in [5, 5.41) is 0. The molecule has 1 aromatic rings. The maximum atomic E-state index is 12.4. The number of benzene rings is 1. The Bertz CT molecular complexity index is 374. The van der Waals surface area contributed by atoms with E-state index in [1.54, 1.807) is 0 Å². The molecule has 0 radical (unpaired) electrons. The molecule has 1 unspecified atom stereocenters. The fourth-order valence-electron chi connectivity index (χ4n) is 2.05. The number of halogens is 4. The summed E-state index contributed by atoms with van der Waals surface area (Å²) in [4.78, 5) is 2.08. The maximum Gasteiger partial charge on any atom is 0.416 e. The maximum absolute atomic E-state index is 12.4. The molecule has 0 saturated carbocycles. The molecular weight excluding hydrogens is 251 g/mol. The molecule has 1 aromatic carbocycles. The first-order valence-electron chi connectivity index (χ1n) is 5.49. The van der Waals surface area contributed by atoms with Gasteiger partial charge in [-0.25, -0.2) is 0 Å². The normalized spacial score (nSPS) is 20.9. The number of hydrogen-bond acceptors (Lipinski definition) is 1. The Morgan fingerprint density at radius 3 is 2.35 bits per heavy atom. The average Bonchev–Trinajstić information content (AvgIpc) is 2.76. The van der Waals surface area contributed by atoms with Crippen LogP contribution in [-0.2, 0) is 6.18 Å². The van der Waals surface area contributed by atoms with E-state index in [0.717, 1.165) is 37.3 Å². The lowest BCUT2D eigenvalue weighted by atomic mass is 10.1. The van der Waals surface area contributed by atoms with Crippen LogP contribution >= 0.6 is 11.6 Å². The van der Waals surface area contributed by atoms with Crippen molar-refractivity contribution >= 4 is 17.3 Å². The Morgan fingerprint density at radius 2 is 1.88 bits per heavy atom. The van der Waals surface area contributed by atoms with Crippen LogP contribution in [-0.4, -0.2) is 19.0 Å². The molecule has 94 valence electrons. The first-order valence-corrected chi connectivity index (χ1v) is 6.02. The van der Waals surface area contributed by atoms with Crippen molar-refractivity contribution in [3.8, 4) is 0 Å². The lowest BCUT2D eigenvalue weighted by molar-refractivity contribution is -0.137. The van der Waals surface area contributed by atoms with Crippen molar-refractivity contribution in [2.45, 2.75) is 12.6 Å². The Morgan fingerprint density at radius 1 is 1.24 bits per heavy atom. The van der Waals surface area contributed by atoms with Gasteiger partial charge in [-0.3, -0.25) is 0 Å². The Kier molecular flexibility index (Phi) is 3.52. The third kappa shape index (κ3) is 2.86. The minimum Gasteiger partial charge on any atom is -0.371 e. The highest BCUT2D eigenvalue weighted by Crippen LogP contribution is 2.31. The smallest absolute Gasteiger partial charge is 0.371 e. The summed E-state index contributed by atoms with van der Waals surface area (Å²) in [6, 6.07) is 5.31. The van der Waals surface area contributed by atoms with Crippen molar-refractivity contribution in [1.82, 2.24) is 0 Å². The second-order valence-corrected chi connectivity index (χ2v) is 4.61. The molecule has 2 rings (SSSR count). The van der Waals surface area contributed by atoms with Gasteiger partial charge in [0, 0.05) is 24.7 Å². The van der Waals surface area contributed by atoms with Crippen LogP contribution in [0.2, 0.25) is 0 Å². The molecule has 0 N–H and O–H groups in total. The predicted octanol–water partition coefficient (Wildman–Crippen LogP) is 3.77. The van der Waals surface area contributed by atoms with Crippen molar-refractivity contribution in [3.05, 3.63) is 29.8 Å². The highest BCUT2D eigenvalue weighted by atomic mass is 35.5. The van der Waals surface area contributed by atoms with E-state index < -0.39 is 11.7 Å². The van der Waals surface area contributed by atoms with Gasteiger partial charge in [0.1, 0.15) is 0 Å². The van der Waals surface area contributed by atoms with Crippen molar-refractivity contribution in [2.24, 2.45) is 5.92 Å². The van der Waals surface area contributed by atoms with E-state index in [1.807, 2.05) is 0 Å². The monoisotopic (exact) mass is 263 g/mol. The van der Waals surface area contributed by atoms with Gasteiger partial charge in [-0.1, -0.05) is 0 Å². The van der Waals surface area contributed by atoms with Gasteiger partial charge in [0.15, 0.2) is 0 Å². The summed E-state index contributed by atoms with van der Waals surface area (Å²) in [6.45, 7) is 1.69. The minimum atomic E-state index is -4.26. The van der Waals surface area contributed by atoms with E-state index >= 15 is 0 Å². The van der Waals surface area contributed by atoms with Crippen molar-refractivity contribution in [2.75, 3.05) is 23.9 Å². The summed E-state index contributed by atoms with van der Waals surface area (Å²) in [6.07, 6.45) is -3.26. The summed E-state index contributed by atoms with van der Waals surface area (Å²) < 4.78 is 37.1. The largest absolute Gasteiger partial charge is 0.416 e. The first kappa shape index (κ1) is 12.6. The van der Waals surface area contributed by atoms with Crippen LogP contribution in [0.3, 0.4) is 0 Å². The zero-order chi connectivity index (χ0) is 12.5. The van der Waals surface area contributed by atoms with Gasteiger partial charge in [0.25, 0.3) is 0 Å². The van der Waals surface area contributed by atoms with Crippen LogP contribution in [0.25, 0.3) is 0 Å². The molecule has 1 atom stereocenters. The van der Waals surface area contributed by atoms with Crippen LogP contribution in [0.4, 0.5) is 18.9 Å². The first-order chi connectivity index (χ1) is 8.00. The fourth-order valence-corrected chi connectivity index (χ4v) is 2.31. The van der Waals surface area contributed by atoms with Crippen LogP contribution in [0.15, 0.2) is 24.3 Å². The van der Waals surface area contributed by atoms with E-state index in [0.29, 0.717) is 11.8 Å². The lowest BCUT2D eigenvalue weighted by Gasteiger charge is -2.19. The van der Waals surface area contributed by atoms with Crippen molar-refractivity contribution in [3.63, 3.8) is 0 Å². The van der Waals surface area contributed by atoms with Crippen LogP contribution in [0.5, 0.6) is 0 Å². The number of hydrogen-bond donors (Lipinski definition) is 0. The highest BCUT2D eigenvalue weighted by molar-refractivity contribution is 6.18. The van der Waals surface area contributed by atoms with E-state index in [1.165, 1.54) is 12.1 Å². The molecule has 1 heterocycles. The molecule has 0 bridgehead atoms. The molecule has 1 aliphatic rings. The SMILES string of the molecule is FC(F)(F)c1ccc(N2CCC(CCl)C2)cc1. The highest BCUT2D eigenvalue weighted by Gasteiger charge is 2.30. The summed E-state index contributed by atoms with van der Waals surface area (Å²) in [5.41, 5.74) is 0.236. The number of rotatable bonds is 2. The molecule has 0 aromatic heterocycles. The van der Waals surface area contributed by atoms with Crippen molar-refractivity contribution in [1.29, 1.82) is 0 Å². The second-order valence-electron chi connectivity index (χ2n) is 4.30. The minimum absolute atomic E-state index is 0.443. The summed E-state index contributed by atoms with van der Waals surface area (Å²) in [7, 11) is 0. The topological polar surface area (TPSA) is 3.24 Å². The molecule has 5 heteroatoms. The number of anilines is 1. The van der Waals surface area contributed by atoms with E-state index in [9.17, 15) is 13.2 Å². The van der Waals surface area contributed by atoms with Crippen LogP contribution in [0, 0.1) is 5.92 Å². The standard InChI is InChI=1S/C12H13ClF3N/c13-7-9-5-6-17(8-9)11-3-1-10(2-4-11)12(14,15)16/h1-4,9H,5-8H2. The van der Waals surface area contributed by atoms with E-state index in [-0.39, 0.29) is 0 Å². The third-order valence-electron chi connectivity index (χ3n) is 3.06. The fraction of sp³-hybridized carbons (Fsp3) is 0.500. The molecule has 0 amide bonds. The second kappa shape index (κ2) is 4.77. The zero-order valence-electron chi connectivity index (χ0n) is 9.17. The number of alkyl halides is 4. The van der Waals surface area contributed by atoms with Gasteiger partial charge in [-0.05, 0) is 36.6 Å². The van der Waals surface area contributed by atoms with Gasteiger partial charge in [-0.2, -0.15) is 13.2 Å². The summed E-state index contributed by atoms with van der Waals surface area (Å²) in [5.74, 6) is 1.05. The quantitative estimate of drug-likeness (QED) is 0.734. The van der Waals surface area contributed by atoms with Gasteiger partial charge >= 0.3 is 6.18 Å². The third-order valence-corrected chi connectivity index (χ3v) is 3.50. The molecule has 17 heavy (non-hydrogen) atoms. The molecule has 1 aliphatic heterocycles. The number of nitrogens with zero attached hydrogens (tertiary/aromatic N) is 1. The molecule has 1 fully saturated rings.